The van der Waals surface area contributed by atoms with Gasteiger partial charge in [-0.25, -0.2) is 8.42 Å². The maximum Gasteiger partial charge on any atom is 0.252 e. The zero-order chi connectivity index (χ0) is 14.2. The van der Waals surface area contributed by atoms with E-state index >= 15 is 0 Å². The lowest BCUT2D eigenvalue weighted by atomic mass is 9.99. The highest BCUT2D eigenvalue weighted by Gasteiger charge is 2.34. The van der Waals surface area contributed by atoms with E-state index in [0.717, 1.165) is 18.4 Å². The predicted octanol–water partition coefficient (Wildman–Crippen LogP) is 3.30. The molecule has 0 heterocycles. The Morgan fingerprint density at radius 1 is 1.32 bits per heavy atom. The maximum absolute atomic E-state index is 12.4. The zero-order valence-corrected chi connectivity index (χ0v) is 12.6. The second kappa shape index (κ2) is 5.25. The number of halogens is 1. The van der Waals surface area contributed by atoms with Gasteiger partial charge in [0.25, 0.3) is 5.24 Å². The van der Waals surface area contributed by atoms with Crippen LogP contribution in [0.25, 0.3) is 0 Å². The van der Waals surface area contributed by atoms with Crippen LogP contribution in [0.4, 0.5) is 0 Å². The third kappa shape index (κ3) is 2.70. The lowest BCUT2D eigenvalue weighted by Gasteiger charge is -2.16. The van der Waals surface area contributed by atoms with Crippen LogP contribution >= 0.6 is 11.6 Å². The van der Waals surface area contributed by atoms with E-state index < -0.39 is 15.1 Å². The highest BCUT2D eigenvalue weighted by molar-refractivity contribution is 7.91. The van der Waals surface area contributed by atoms with Crippen LogP contribution in [0.2, 0.25) is 0 Å². The Bertz CT molecular complexity index is 616. The number of carbonyl (C=O) groups is 1. The molecule has 1 aliphatic carbocycles. The smallest absolute Gasteiger partial charge is 0.252 e. The highest BCUT2D eigenvalue weighted by atomic mass is 35.5. The van der Waals surface area contributed by atoms with Crippen molar-refractivity contribution in [1.29, 1.82) is 0 Å². The van der Waals surface area contributed by atoms with E-state index in [2.05, 4.69) is 0 Å². The summed E-state index contributed by atoms with van der Waals surface area (Å²) in [5.74, 6) is 0.208. The molecule has 0 unspecified atom stereocenters. The Labute approximate surface area is 118 Å². The van der Waals surface area contributed by atoms with Crippen LogP contribution in [0.1, 0.15) is 54.1 Å². The molecule has 0 atom stereocenters. The lowest BCUT2D eigenvalue weighted by Crippen LogP contribution is -2.13. The largest absolute Gasteiger partial charge is 0.276 e. The minimum Gasteiger partial charge on any atom is -0.276 e. The molecule has 0 N–H and O–H groups in total. The molecule has 1 saturated carbocycles. The zero-order valence-electron chi connectivity index (χ0n) is 11.1. The molecule has 0 aliphatic heterocycles. The number of hydrogen-bond acceptors (Lipinski definition) is 3. The second-order valence-corrected chi connectivity index (χ2v) is 7.38. The Morgan fingerprint density at radius 2 is 1.95 bits per heavy atom. The first-order chi connectivity index (χ1) is 8.92. The Morgan fingerprint density at radius 3 is 2.37 bits per heavy atom. The Balaban J connectivity index is 2.79. The van der Waals surface area contributed by atoms with Gasteiger partial charge >= 0.3 is 0 Å². The predicted molar refractivity (Wildman–Crippen MR) is 75.7 cm³/mol. The van der Waals surface area contributed by atoms with Crippen molar-refractivity contribution in [2.45, 2.75) is 43.9 Å². The first-order valence-corrected chi connectivity index (χ1v) is 8.53. The van der Waals surface area contributed by atoms with Gasteiger partial charge in [-0.2, -0.15) is 0 Å². The average molecular weight is 301 g/mol. The number of rotatable bonds is 5. The number of hydrogen-bond donors (Lipinski definition) is 0. The van der Waals surface area contributed by atoms with Crippen LogP contribution in [0.3, 0.4) is 0 Å². The summed E-state index contributed by atoms with van der Waals surface area (Å²) in [6.45, 7) is 3.55. The van der Waals surface area contributed by atoms with E-state index in [1.54, 1.807) is 19.1 Å². The van der Waals surface area contributed by atoms with E-state index in [1.807, 2.05) is 6.92 Å². The van der Waals surface area contributed by atoms with E-state index in [1.165, 1.54) is 0 Å². The third-order valence-corrected chi connectivity index (χ3v) is 5.61. The fraction of sp³-hybridized carbons (Fsp3) is 0.500. The summed E-state index contributed by atoms with van der Waals surface area (Å²) in [4.78, 5) is 11.9. The fourth-order valence-electron chi connectivity index (χ4n) is 2.38. The molecule has 2 rings (SSSR count). The van der Waals surface area contributed by atoms with Gasteiger partial charge in [-0.1, -0.05) is 19.9 Å². The van der Waals surface area contributed by atoms with E-state index in [0.29, 0.717) is 22.4 Å². The van der Waals surface area contributed by atoms with Crippen LogP contribution in [0, 0.1) is 0 Å². The molecule has 0 radical (unpaired) electrons. The van der Waals surface area contributed by atoms with Crippen LogP contribution in [-0.2, 0) is 16.3 Å². The second-order valence-electron chi connectivity index (χ2n) is 4.82. The number of carbonyl (C=O) groups excluding carboxylic acids is 1. The number of benzene rings is 1. The summed E-state index contributed by atoms with van der Waals surface area (Å²) in [6, 6.07) is 3.38. The summed E-state index contributed by atoms with van der Waals surface area (Å²) in [5, 5.41) is -0.572. The van der Waals surface area contributed by atoms with E-state index in [-0.39, 0.29) is 11.7 Å². The summed E-state index contributed by atoms with van der Waals surface area (Å²) >= 11 is 5.61. The van der Waals surface area contributed by atoms with Crippen molar-refractivity contribution in [3.05, 3.63) is 28.8 Å². The van der Waals surface area contributed by atoms with Gasteiger partial charge in [-0.15, -0.1) is 0 Å². The molecule has 1 fully saturated rings. The molecular formula is C14H17ClO3S. The molecule has 3 nitrogen and oxygen atoms in total. The fourth-order valence-corrected chi connectivity index (χ4v) is 4.06. The van der Waals surface area contributed by atoms with Crippen LogP contribution in [0.15, 0.2) is 17.0 Å². The lowest BCUT2D eigenvalue weighted by molar-refractivity contribution is 0.108. The van der Waals surface area contributed by atoms with Crippen molar-refractivity contribution in [1.82, 2.24) is 0 Å². The average Bonchev–Trinajstić information content (AvgIpc) is 3.20. The third-order valence-electron chi connectivity index (χ3n) is 3.55. The number of aryl methyl sites for hydroxylation is 1. The maximum atomic E-state index is 12.4. The summed E-state index contributed by atoms with van der Waals surface area (Å²) < 4.78 is 24.7. The topological polar surface area (TPSA) is 51.2 Å². The van der Waals surface area contributed by atoms with Gasteiger partial charge in [0, 0.05) is 5.56 Å². The van der Waals surface area contributed by atoms with E-state index in [4.69, 9.17) is 11.6 Å². The molecule has 19 heavy (non-hydrogen) atoms. The summed E-state index contributed by atoms with van der Waals surface area (Å²) in [7, 11) is -3.34. The van der Waals surface area contributed by atoms with Crippen LogP contribution in [-0.4, -0.2) is 19.4 Å². The first kappa shape index (κ1) is 14.5. The van der Waals surface area contributed by atoms with E-state index in [9.17, 15) is 13.2 Å². The van der Waals surface area contributed by atoms with Gasteiger partial charge in [0.15, 0.2) is 9.84 Å². The van der Waals surface area contributed by atoms with Crippen molar-refractivity contribution in [2.75, 3.05) is 5.75 Å². The van der Waals surface area contributed by atoms with Crippen molar-refractivity contribution < 1.29 is 13.2 Å². The summed E-state index contributed by atoms with van der Waals surface area (Å²) in [6.07, 6.45) is 2.48. The van der Waals surface area contributed by atoms with Crippen molar-refractivity contribution in [2.24, 2.45) is 0 Å². The SMILES string of the molecule is CCc1ccc(C(=O)Cl)c(C2CC2)c1S(=O)(=O)CC. The molecule has 0 spiro atoms. The molecule has 0 saturated heterocycles. The molecule has 1 aromatic rings. The van der Waals surface area contributed by atoms with Gasteiger partial charge in [0.05, 0.1) is 10.6 Å². The quantitative estimate of drug-likeness (QED) is 0.784. The van der Waals surface area contributed by atoms with Gasteiger partial charge in [-0.3, -0.25) is 4.79 Å². The van der Waals surface area contributed by atoms with Gasteiger partial charge < -0.3 is 0 Å². The van der Waals surface area contributed by atoms with Gasteiger partial charge in [-0.05, 0) is 54.0 Å². The van der Waals surface area contributed by atoms with Crippen molar-refractivity contribution in [3.8, 4) is 0 Å². The summed E-state index contributed by atoms with van der Waals surface area (Å²) in [5.41, 5.74) is 1.79. The normalized spacial score (nSPS) is 15.5. The van der Waals surface area contributed by atoms with Gasteiger partial charge in [0.1, 0.15) is 0 Å². The van der Waals surface area contributed by atoms with Crippen molar-refractivity contribution >= 4 is 26.7 Å². The Kier molecular flexibility index (Phi) is 4.02. The highest BCUT2D eigenvalue weighted by Crippen LogP contribution is 2.46. The molecule has 0 aromatic heterocycles. The molecule has 1 aromatic carbocycles. The van der Waals surface area contributed by atoms with Gasteiger partial charge in [0.2, 0.25) is 0 Å². The molecule has 5 heteroatoms. The minimum atomic E-state index is -3.34. The minimum absolute atomic E-state index is 0.0413. The van der Waals surface area contributed by atoms with Crippen LogP contribution in [0.5, 0.6) is 0 Å². The molecule has 1 aliphatic rings. The first-order valence-electron chi connectivity index (χ1n) is 6.50. The molecule has 0 amide bonds. The monoisotopic (exact) mass is 300 g/mol. The Hall–Kier alpha value is -0.870. The number of sulfone groups is 1. The van der Waals surface area contributed by atoms with Crippen molar-refractivity contribution in [3.63, 3.8) is 0 Å². The molecule has 104 valence electrons. The molecular weight excluding hydrogens is 284 g/mol. The molecule has 0 bridgehead atoms. The van der Waals surface area contributed by atoms with Crippen LogP contribution < -0.4 is 0 Å². The standard InChI is InChI=1S/C14H17ClO3S/c1-3-9-7-8-11(14(15)16)12(10-5-6-10)13(9)19(17,18)4-2/h7-8,10H,3-6H2,1-2H3.